The normalized spacial score (nSPS) is 12.9. The monoisotopic (exact) mass is 282 g/mol. The third kappa shape index (κ3) is 2.81. The molecule has 2 aromatic carbocycles. The molecule has 0 saturated heterocycles. The Balaban J connectivity index is 1.84. The third-order valence-electron chi connectivity index (χ3n) is 4.21. The zero-order valence-corrected chi connectivity index (χ0v) is 13.2. The van der Waals surface area contributed by atoms with Crippen LogP contribution in [0.3, 0.4) is 0 Å². The van der Waals surface area contributed by atoms with Crippen LogP contribution >= 0.6 is 0 Å². The predicted octanol–water partition coefficient (Wildman–Crippen LogP) is 4.08. The molecule has 2 aromatic rings. The molecular weight excluding hydrogens is 258 g/mol. The summed E-state index contributed by atoms with van der Waals surface area (Å²) in [6.07, 6.45) is 2.16. The molecular formula is C19H24NO+. The summed E-state index contributed by atoms with van der Waals surface area (Å²) in [6.45, 7) is 4.08. The van der Waals surface area contributed by atoms with Gasteiger partial charge in [0.25, 0.3) is 0 Å². The Morgan fingerprint density at radius 2 is 1.76 bits per heavy atom. The molecule has 1 aliphatic rings. The lowest BCUT2D eigenvalue weighted by atomic mass is 10.1. The fourth-order valence-corrected chi connectivity index (χ4v) is 3.18. The topological polar surface area (TPSA) is 9.23 Å². The second kappa shape index (κ2) is 5.53. The standard InChI is InChI=1S/C19H24NO/c1-4-12-20(2,3)14-21-19-11-7-10-17-16-9-6-5-8-15(16)13-18(17)19/h5-11H,4,12-14H2,1-3H3/q+1. The number of ether oxygens (including phenoxy) is 1. The van der Waals surface area contributed by atoms with Crippen LogP contribution in [0.1, 0.15) is 24.5 Å². The summed E-state index contributed by atoms with van der Waals surface area (Å²) in [5, 5.41) is 0. The van der Waals surface area contributed by atoms with Gasteiger partial charge in [0.15, 0.2) is 0 Å². The third-order valence-corrected chi connectivity index (χ3v) is 4.21. The van der Waals surface area contributed by atoms with Gasteiger partial charge in [-0.15, -0.1) is 0 Å². The molecule has 0 N–H and O–H groups in total. The first kappa shape index (κ1) is 14.2. The van der Waals surface area contributed by atoms with Crippen molar-refractivity contribution in [1.82, 2.24) is 0 Å². The molecule has 3 rings (SSSR count). The van der Waals surface area contributed by atoms with Crippen LogP contribution in [0, 0.1) is 0 Å². The summed E-state index contributed by atoms with van der Waals surface area (Å²) in [4.78, 5) is 0. The number of benzene rings is 2. The van der Waals surface area contributed by atoms with E-state index in [2.05, 4.69) is 63.5 Å². The molecule has 0 spiro atoms. The van der Waals surface area contributed by atoms with E-state index in [1.807, 2.05) is 0 Å². The molecule has 0 radical (unpaired) electrons. The van der Waals surface area contributed by atoms with E-state index in [0.29, 0.717) is 0 Å². The van der Waals surface area contributed by atoms with Crippen LogP contribution in [0.2, 0.25) is 0 Å². The highest BCUT2D eigenvalue weighted by molar-refractivity contribution is 5.78. The summed E-state index contributed by atoms with van der Waals surface area (Å²) in [5.41, 5.74) is 5.45. The van der Waals surface area contributed by atoms with Gasteiger partial charge in [0.2, 0.25) is 6.73 Å². The first-order valence-electron chi connectivity index (χ1n) is 7.76. The van der Waals surface area contributed by atoms with Gasteiger partial charge in [-0.2, -0.15) is 0 Å². The summed E-state index contributed by atoms with van der Waals surface area (Å²) in [6, 6.07) is 15.1. The van der Waals surface area contributed by atoms with Crippen molar-refractivity contribution in [3.8, 4) is 16.9 Å². The van der Waals surface area contributed by atoms with E-state index in [1.54, 1.807) is 0 Å². The van der Waals surface area contributed by atoms with Gasteiger partial charge in [0.1, 0.15) is 5.75 Å². The van der Waals surface area contributed by atoms with Gasteiger partial charge in [0.05, 0.1) is 20.6 Å². The van der Waals surface area contributed by atoms with E-state index in [0.717, 1.165) is 29.9 Å². The Morgan fingerprint density at radius 3 is 2.57 bits per heavy atom. The molecule has 0 aliphatic heterocycles. The molecule has 0 saturated carbocycles. The number of rotatable bonds is 5. The molecule has 2 nitrogen and oxygen atoms in total. The Labute approximate surface area is 127 Å². The number of hydrogen-bond acceptors (Lipinski definition) is 1. The van der Waals surface area contributed by atoms with Crippen LogP contribution in [-0.2, 0) is 6.42 Å². The van der Waals surface area contributed by atoms with E-state index in [1.165, 1.54) is 28.7 Å². The van der Waals surface area contributed by atoms with Crippen LogP contribution < -0.4 is 4.74 Å². The number of hydrogen-bond donors (Lipinski definition) is 0. The van der Waals surface area contributed by atoms with Crippen LogP contribution in [0.25, 0.3) is 11.1 Å². The van der Waals surface area contributed by atoms with Crippen LogP contribution in [-0.4, -0.2) is 31.9 Å². The maximum atomic E-state index is 6.17. The lowest BCUT2D eigenvalue weighted by Crippen LogP contribution is -2.43. The summed E-state index contributed by atoms with van der Waals surface area (Å²) in [5.74, 6) is 1.05. The number of fused-ring (bicyclic) bond motifs is 3. The lowest BCUT2D eigenvalue weighted by molar-refractivity contribution is -0.905. The second-order valence-corrected chi connectivity index (χ2v) is 6.55. The highest BCUT2D eigenvalue weighted by Gasteiger charge is 2.22. The smallest absolute Gasteiger partial charge is 0.223 e. The minimum absolute atomic E-state index is 0.723. The number of quaternary nitrogens is 1. The Hall–Kier alpha value is -1.80. The van der Waals surface area contributed by atoms with E-state index >= 15 is 0 Å². The quantitative estimate of drug-likeness (QED) is 0.506. The van der Waals surface area contributed by atoms with Crippen molar-refractivity contribution in [2.75, 3.05) is 27.4 Å². The largest absolute Gasteiger partial charge is 0.445 e. The molecule has 0 atom stereocenters. The molecule has 21 heavy (non-hydrogen) atoms. The van der Waals surface area contributed by atoms with E-state index in [-0.39, 0.29) is 0 Å². The van der Waals surface area contributed by atoms with Gasteiger partial charge in [-0.1, -0.05) is 43.3 Å². The molecule has 1 aliphatic carbocycles. The Bertz CT molecular complexity index is 646. The van der Waals surface area contributed by atoms with Gasteiger partial charge in [0, 0.05) is 12.0 Å². The highest BCUT2D eigenvalue weighted by Crippen LogP contribution is 2.40. The average Bonchev–Trinajstić information content (AvgIpc) is 2.84. The fraction of sp³-hybridized carbons (Fsp3) is 0.368. The maximum Gasteiger partial charge on any atom is 0.223 e. The van der Waals surface area contributed by atoms with Gasteiger partial charge in [-0.3, -0.25) is 4.48 Å². The summed E-state index contributed by atoms with van der Waals surface area (Å²) < 4.78 is 7.07. The minimum Gasteiger partial charge on any atom is -0.445 e. The second-order valence-electron chi connectivity index (χ2n) is 6.55. The van der Waals surface area contributed by atoms with Crippen molar-refractivity contribution in [2.45, 2.75) is 19.8 Å². The van der Waals surface area contributed by atoms with Gasteiger partial charge in [-0.25, -0.2) is 0 Å². The molecule has 0 amide bonds. The summed E-state index contributed by atoms with van der Waals surface area (Å²) >= 11 is 0. The molecule has 2 heteroatoms. The van der Waals surface area contributed by atoms with Crippen LogP contribution in [0.4, 0.5) is 0 Å². The lowest BCUT2D eigenvalue weighted by Gasteiger charge is -2.29. The van der Waals surface area contributed by atoms with Gasteiger partial charge >= 0.3 is 0 Å². The van der Waals surface area contributed by atoms with Gasteiger partial charge in [-0.05, 0) is 29.2 Å². The molecule has 0 unspecified atom stereocenters. The fourth-order valence-electron chi connectivity index (χ4n) is 3.18. The predicted molar refractivity (Wildman–Crippen MR) is 87.4 cm³/mol. The first-order valence-corrected chi connectivity index (χ1v) is 7.76. The molecule has 0 bridgehead atoms. The minimum atomic E-state index is 0.723. The SMILES string of the molecule is CCC[N+](C)(C)COc1cccc2c1Cc1ccccc1-2. The van der Waals surface area contributed by atoms with Crippen molar-refractivity contribution < 1.29 is 9.22 Å². The van der Waals surface area contributed by atoms with E-state index < -0.39 is 0 Å². The van der Waals surface area contributed by atoms with Crippen molar-refractivity contribution in [2.24, 2.45) is 0 Å². The van der Waals surface area contributed by atoms with Crippen molar-refractivity contribution in [1.29, 1.82) is 0 Å². The van der Waals surface area contributed by atoms with E-state index in [4.69, 9.17) is 4.74 Å². The summed E-state index contributed by atoms with van der Waals surface area (Å²) in [7, 11) is 4.45. The van der Waals surface area contributed by atoms with Crippen LogP contribution in [0.15, 0.2) is 42.5 Å². The molecule has 0 fully saturated rings. The zero-order valence-electron chi connectivity index (χ0n) is 13.2. The Kier molecular flexibility index (Phi) is 3.73. The maximum absolute atomic E-state index is 6.17. The van der Waals surface area contributed by atoms with E-state index in [9.17, 15) is 0 Å². The van der Waals surface area contributed by atoms with Crippen molar-refractivity contribution in [3.05, 3.63) is 53.6 Å². The van der Waals surface area contributed by atoms with Crippen molar-refractivity contribution >= 4 is 0 Å². The number of nitrogens with zero attached hydrogens (tertiary/aromatic N) is 1. The zero-order chi connectivity index (χ0) is 14.9. The molecule has 110 valence electrons. The Morgan fingerprint density at radius 1 is 1.00 bits per heavy atom. The first-order chi connectivity index (χ1) is 10.1. The van der Waals surface area contributed by atoms with Crippen LogP contribution in [0.5, 0.6) is 5.75 Å². The molecule has 0 aromatic heterocycles. The molecule has 0 heterocycles. The van der Waals surface area contributed by atoms with Gasteiger partial charge < -0.3 is 4.74 Å². The van der Waals surface area contributed by atoms with Crippen molar-refractivity contribution in [3.63, 3.8) is 0 Å². The highest BCUT2D eigenvalue weighted by atomic mass is 16.5. The average molecular weight is 282 g/mol.